The Kier molecular flexibility index (Phi) is 7.72. The van der Waals surface area contributed by atoms with E-state index in [1.54, 1.807) is 25.1 Å². The van der Waals surface area contributed by atoms with Crippen molar-refractivity contribution in [1.82, 2.24) is 4.90 Å². The number of thiophene rings is 1. The Bertz CT molecular complexity index is 1130. The van der Waals surface area contributed by atoms with Gasteiger partial charge >= 0.3 is 6.09 Å². The predicted octanol–water partition coefficient (Wildman–Crippen LogP) is 5.83. The molecule has 0 aliphatic heterocycles. The van der Waals surface area contributed by atoms with Gasteiger partial charge in [0.05, 0.1) is 18.1 Å². The number of carbonyl (C=O) groups is 1. The summed E-state index contributed by atoms with van der Waals surface area (Å²) in [4.78, 5) is 27.2. The topological polar surface area (TPSA) is 75.9 Å². The smallest absolute Gasteiger partial charge is 0.415 e. The van der Waals surface area contributed by atoms with E-state index in [2.05, 4.69) is 0 Å². The van der Waals surface area contributed by atoms with Gasteiger partial charge in [-0.25, -0.2) is 13.6 Å². The van der Waals surface area contributed by atoms with Crippen LogP contribution < -0.4 is 4.90 Å². The minimum Gasteiger partial charge on any atom is -0.449 e. The maximum absolute atomic E-state index is 14.3. The molecule has 10 heteroatoms. The van der Waals surface area contributed by atoms with Crippen molar-refractivity contribution in [2.45, 2.75) is 20.0 Å². The number of rotatable bonds is 8. The Morgan fingerprint density at radius 2 is 1.73 bits per heavy atom. The second-order valence-electron chi connectivity index (χ2n) is 7.47. The van der Waals surface area contributed by atoms with Crippen LogP contribution in [0.3, 0.4) is 0 Å². The number of halogens is 2. The van der Waals surface area contributed by atoms with E-state index in [-0.39, 0.29) is 24.4 Å². The molecule has 1 aromatic heterocycles. The van der Waals surface area contributed by atoms with Gasteiger partial charge in [0.15, 0.2) is 0 Å². The lowest BCUT2D eigenvalue weighted by Crippen LogP contribution is -2.31. The van der Waals surface area contributed by atoms with E-state index in [1.165, 1.54) is 34.4 Å². The minimum absolute atomic E-state index is 0.0344. The van der Waals surface area contributed by atoms with E-state index < -0.39 is 22.7 Å². The summed E-state index contributed by atoms with van der Waals surface area (Å²) in [5, 5.41) is 11.4. The van der Waals surface area contributed by atoms with Crippen molar-refractivity contribution in [2.75, 3.05) is 25.6 Å². The molecule has 0 saturated carbocycles. The highest BCUT2D eigenvalue weighted by Gasteiger charge is 2.25. The first-order valence-corrected chi connectivity index (χ1v) is 10.9. The molecule has 0 N–H and O–H groups in total. The van der Waals surface area contributed by atoms with Crippen molar-refractivity contribution in [3.05, 3.63) is 81.4 Å². The summed E-state index contributed by atoms with van der Waals surface area (Å²) >= 11 is 1.25. The van der Waals surface area contributed by atoms with Gasteiger partial charge in [0.1, 0.15) is 16.6 Å². The van der Waals surface area contributed by atoms with Crippen molar-refractivity contribution in [1.29, 1.82) is 0 Å². The zero-order valence-corrected chi connectivity index (χ0v) is 19.2. The minimum atomic E-state index is -0.759. The predicted molar refractivity (Wildman–Crippen MR) is 123 cm³/mol. The lowest BCUT2D eigenvalue weighted by molar-refractivity contribution is -0.384. The average Bonchev–Trinajstić information content (AvgIpc) is 3.16. The number of hydrogen-bond donors (Lipinski definition) is 0. The fraction of sp³-hybridized carbons (Fsp3) is 0.261. The molecule has 174 valence electrons. The van der Waals surface area contributed by atoms with Crippen molar-refractivity contribution in [3.8, 4) is 10.4 Å². The second-order valence-corrected chi connectivity index (χ2v) is 8.50. The summed E-state index contributed by atoms with van der Waals surface area (Å²) in [6, 6.07) is 11.4. The number of hydrogen-bond acceptors (Lipinski definition) is 6. The molecule has 1 amide bonds. The molecule has 2 aromatic carbocycles. The molecule has 1 heterocycles. The molecule has 0 spiro atoms. The zero-order chi connectivity index (χ0) is 24.1. The van der Waals surface area contributed by atoms with Gasteiger partial charge in [0.25, 0.3) is 5.69 Å². The van der Waals surface area contributed by atoms with Crippen LogP contribution in [-0.4, -0.2) is 36.6 Å². The summed E-state index contributed by atoms with van der Waals surface area (Å²) in [6.45, 7) is 1.92. The van der Waals surface area contributed by atoms with Crippen LogP contribution in [0.25, 0.3) is 10.4 Å². The molecular weight excluding hydrogens is 452 g/mol. The standard InChI is InChI=1S/C23H23F2N3O4S/c1-4-32-23(29)27(14-18-19(24)6-5-7-20(18)25)21-12-16(13-26(2)3)22(33-21)15-8-10-17(11-9-15)28(30)31/h5-12H,4,13-14H2,1-3H3. The molecule has 0 radical (unpaired) electrons. The van der Waals surface area contributed by atoms with Gasteiger partial charge in [-0.2, -0.15) is 0 Å². The van der Waals surface area contributed by atoms with Gasteiger partial charge in [0, 0.05) is 29.1 Å². The van der Waals surface area contributed by atoms with Gasteiger partial charge < -0.3 is 9.64 Å². The third kappa shape index (κ3) is 5.71. The Labute approximate surface area is 194 Å². The highest BCUT2D eigenvalue weighted by Crippen LogP contribution is 2.40. The lowest BCUT2D eigenvalue weighted by atomic mass is 10.1. The summed E-state index contributed by atoms with van der Waals surface area (Å²) in [5.74, 6) is -1.52. The molecule has 0 saturated heterocycles. The number of nitro groups is 1. The van der Waals surface area contributed by atoms with Crippen LogP contribution in [0.1, 0.15) is 18.1 Å². The Morgan fingerprint density at radius 3 is 2.27 bits per heavy atom. The Morgan fingerprint density at radius 1 is 1.09 bits per heavy atom. The molecule has 3 aromatic rings. The second kappa shape index (κ2) is 10.5. The SMILES string of the molecule is CCOC(=O)N(Cc1c(F)cccc1F)c1cc(CN(C)C)c(-c2ccc([N+](=O)[O-])cc2)s1. The Balaban J connectivity index is 2.07. The van der Waals surface area contributed by atoms with E-state index >= 15 is 0 Å². The average molecular weight is 476 g/mol. The van der Waals surface area contributed by atoms with Crippen molar-refractivity contribution < 1.29 is 23.2 Å². The van der Waals surface area contributed by atoms with E-state index in [9.17, 15) is 23.7 Å². The summed E-state index contributed by atoms with van der Waals surface area (Å²) in [6.07, 6.45) is -0.729. The van der Waals surface area contributed by atoms with Crippen LogP contribution >= 0.6 is 11.3 Å². The molecule has 7 nitrogen and oxygen atoms in total. The van der Waals surface area contributed by atoms with E-state index in [0.717, 1.165) is 28.1 Å². The number of anilines is 1. The maximum Gasteiger partial charge on any atom is 0.415 e. The van der Waals surface area contributed by atoms with Crippen molar-refractivity contribution >= 4 is 28.1 Å². The monoisotopic (exact) mass is 475 g/mol. The number of benzene rings is 2. The largest absolute Gasteiger partial charge is 0.449 e. The first kappa shape index (κ1) is 24.3. The van der Waals surface area contributed by atoms with E-state index in [1.807, 2.05) is 19.0 Å². The summed E-state index contributed by atoms with van der Waals surface area (Å²) in [7, 11) is 3.77. The number of non-ortho nitro benzene ring substituents is 1. The van der Waals surface area contributed by atoms with Crippen molar-refractivity contribution in [2.24, 2.45) is 0 Å². The number of amides is 1. The van der Waals surface area contributed by atoms with Gasteiger partial charge in [-0.05, 0) is 62.5 Å². The molecule has 33 heavy (non-hydrogen) atoms. The molecule has 0 aliphatic rings. The third-order valence-corrected chi connectivity index (χ3v) is 6.00. The van der Waals surface area contributed by atoms with Crippen LogP contribution in [0, 0.1) is 21.7 Å². The lowest BCUT2D eigenvalue weighted by Gasteiger charge is -2.21. The van der Waals surface area contributed by atoms with Crippen molar-refractivity contribution in [3.63, 3.8) is 0 Å². The van der Waals surface area contributed by atoms with E-state index in [0.29, 0.717) is 11.5 Å². The van der Waals surface area contributed by atoms with Crippen LogP contribution in [0.15, 0.2) is 48.5 Å². The van der Waals surface area contributed by atoms with Crippen LogP contribution in [0.2, 0.25) is 0 Å². The van der Waals surface area contributed by atoms with E-state index in [4.69, 9.17) is 4.74 Å². The zero-order valence-electron chi connectivity index (χ0n) is 18.4. The quantitative estimate of drug-likeness (QED) is 0.303. The van der Waals surface area contributed by atoms with Gasteiger partial charge in [-0.3, -0.25) is 15.0 Å². The number of ether oxygens (including phenoxy) is 1. The maximum atomic E-state index is 14.3. The highest BCUT2D eigenvalue weighted by atomic mass is 32.1. The number of nitro benzene ring substituents is 1. The molecule has 0 unspecified atom stereocenters. The normalized spacial score (nSPS) is 11.0. The molecular formula is C23H23F2N3O4S. The first-order chi connectivity index (χ1) is 15.7. The number of nitrogens with zero attached hydrogens (tertiary/aromatic N) is 3. The molecule has 0 aliphatic carbocycles. The molecule has 0 atom stereocenters. The Hall–Kier alpha value is -3.37. The first-order valence-electron chi connectivity index (χ1n) is 10.1. The van der Waals surface area contributed by atoms with Gasteiger partial charge in [-0.1, -0.05) is 6.07 Å². The molecule has 0 bridgehead atoms. The van der Waals surface area contributed by atoms with Gasteiger partial charge in [-0.15, -0.1) is 11.3 Å². The summed E-state index contributed by atoms with van der Waals surface area (Å²) < 4.78 is 33.8. The fourth-order valence-electron chi connectivity index (χ4n) is 3.26. The highest BCUT2D eigenvalue weighted by molar-refractivity contribution is 7.19. The van der Waals surface area contributed by atoms with Crippen LogP contribution in [0.4, 0.5) is 24.3 Å². The van der Waals surface area contributed by atoms with Gasteiger partial charge in [0.2, 0.25) is 0 Å². The van der Waals surface area contributed by atoms with Crippen LogP contribution in [-0.2, 0) is 17.8 Å². The van der Waals surface area contributed by atoms with Crippen LogP contribution in [0.5, 0.6) is 0 Å². The molecule has 3 rings (SSSR count). The molecule has 0 fully saturated rings. The number of carbonyl (C=O) groups excluding carboxylic acids is 1. The third-order valence-electron chi connectivity index (χ3n) is 4.76. The summed E-state index contributed by atoms with van der Waals surface area (Å²) in [5.41, 5.74) is 1.31. The fourth-order valence-corrected chi connectivity index (χ4v) is 4.43.